The van der Waals surface area contributed by atoms with E-state index in [1.807, 2.05) is 58.3 Å². The van der Waals surface area contributed by atoms with E-state index in [1.165, 1.54) is 0 Å². The molecule has 6 heteroatoms. The van der Waals surface area contributed by atoms with Gasteiger partial charge < -0.3 is 19.2 Å². The summed E-state index contributed by atoms with van der Waals surface area (Å²) in [5.74, 6) is 0.894. The first kappa shape index (κ1) is 18.8. The van der Waals surface area contributed by atoms with Gasteiger partial charge in [-0.15, -0.1) is 0 Å². The molecule has 2 heterocycles. The standard InChI is InChI=1S/C21H26N4O2/c1-3-10-25(15-17-8-4-5-9-20(17)27-2)21(26)19(24-11-6-7-12-24)13-18-14-22-16-23-18/h4-9,11-12,14,16,19H,3,10,13,15H2,1-2H3,(H,22,23)/t19-/m1/s1. The van der Waals surface area contributed by atoms with Crippen molar-refractivity contribution in [1.82, 2.24) is 19.4 Å². The van der Waals surface area contributed by atoms with E-state index in [1.54, 1.807) is 19.6 Å². The number of carbonyl (C=O) groups excluding carboxylic acids is 1. The SMILES string of the molecule is CCCN(Cc1ccccc1OC)C(=O)[C@@H](Cc1cnc[nH]1)n1cccc1. The van der Waals surface area contributed by atoms with Crippen LogP contribution in [0.15, 0.2) is 61.3 Å². The summed E-state index contributed by atoms with van der Waals surface area (Å²) < 4.78 is 7.43. The van der Waals surface area contributed by atoms with Gasteiger partial charge in [0.05, 0.1) is 13.4 Å². The number of nitrogens with zero attached hydrogens (tertiary/aromatic N) is 3. The van der Waals surface area contributed by atoms with Crippen LogP contribution >= 0.6 is 0 Å². The number of imidazole rings is 1. The summed E-state index contributed by atoms with van der Waals surface area (Å²) >= 11 is 0. The minimum Gasteiger partial charge on any atom is -0.496 e. The Bertz CT molecular complexity index is 828. The van der Waals surface area contributed by atoms with Gasteiger partial charge in [0, 0.05) is 49.4 Å². The molecule has 1 N–H and O–H groups in total. The molecule has 3 aromatic rings. The molecule has 0 saturated carbocycles. The second-order valence-corrected chi connectivity index (χ2v) is 6.50. The second kappa shape index (κ2) is 9.07. The summed E-state index contributed by atoms with van der Waals surface area (Å²) in [5.41, 5.74) is 1.95. The molecule has 1 atom stereocenters. The quantitative estimate of drug-likeness (QED) is 0.631. The molecule has 1 aromatic carbocycles. The van der Waals surface area contributed by atoms with Gasteiger partial charge in [0.1, 0.15) is 11.8 Å². The first-order valence-corrected chi connectivity index (χ1v) is 9.23. The number of amides is 1. The largest absolute Gasteiger partial charge is 0.496 e. The summed E-state index contributed by atoms with van der Waals surface area (Å²) in [6.45, 7) is 3.30. The van der Waals surface area contributed by atoms with Crippen molar-refractivity contribution in [2.24, 2.45) is 0 Å². The zero-order valence-electron chi connectivity index (χ0n) is 15.8. The van der Waals surface area contributed by atoms with Crippen molar-refractivity contribution in [2.45, 2.75) is 32.4 Å². The molecule has 1 amide bonds. The van der Waals surface area contributed by atoms with Crippen LogP contribution in [0.3, 0.4) is 0 Å². The molecule has 0 fully saturated rings. The van der Waals surface area contributed by atoms with Gasteiger partial charge in [0.15, 0.2) is 0 Å². The lowest BCUT2D eigenvalue weighted by Crippen LogP contribution is -2.38. The van der Waals surface area contributed by atoms with Gasteiger partial charge >= 0.3 is 0 Å². The smallest absolute Gasteiger partial charge is 0.246 e. The minimum absolute atomic E-state index is 0.0913. The van der Waals surface area contributed by atoms with Gasteiger partial charge in [0.2, 0.25) is 5.91 Å². The van der Waals surface area contributed by atoms with Crippen LogP contribution in [0.5, 0.6) is 5.75 Å². The van der Waals surface area contributed by atoms with Crippen LogP contribution in [0.4, 0.5) is 0 Å². The van der Waals surface area contributed by atoms with Crippen LogP contribution in [0, 0.1) is 0 Å². The number of H-pyrrole nitrogens is 1. The highest BCUT2D eigenvalue weighted by Gasteiger charge is 2.26. The number of methoxy groups -OCH3 is 1. The van der Waals surface area contributed by atoms with Crippen molar-refractivity contribution < 1.29 is 9.53 Å². The number of rotatable bonds is 9. The van der Waals surface area contributed by atoms with Gasteiger partial charge in [0.25, 0.3) is 0 Å². The first-order valence-electron chi connectivity index (χ1n) is 9.23. The highest BCUT2D eigenvalue weighted by molar-refractivity contribution is 5.81. The molecule has 3 rings (SSSR count). The first-order chi connectivity index (χ1) is 13.2. The maximum Gasteiger partial charge on any atom is 0.246 e. The zero-order valence-corrected chi connectivity index (χ0v) is 15.8. The Balaban J connectivity index is 1.86. The fourth-order valence-electron chi connectivity index (χ4n) is 3.27. The number of carbonyl (C=O) groups is 1. The topological polar surface area (TPSA) is 63.1 Å². The van der Waals surface area contributed by atoms with Crippen LogP contribution in [-0.4, -0.2) is 39.0 Å². The molecule has 2 aromatic heterocycles. The molecule has 0 aliphatic rings. The fraction of sp³-hybridized carbons (Fsp3) is 0.333. The highest BCUT2D eigenvalue weighted by Crippen LogP contribution is 2.23. The van der Waals surface area contributed by atoms with Crippen molar-refractivity contribution in [3.05, 3.63) is 72.6 Å². The molecule has 0 aliphatic heterocycles. The highest BCUT2D eigenvalue weighted by atomic mass is 16.5. The van der Waals surface area contributed by atoms with Crippen molar-refractivity contribution in [3.8, 4) is 5.75 Å². The molecule has 0 aliphatic carbocycles. The Labute approximate surface area is 159 Å². The van der Waals surface area contributed by atoms with E-state index in [-0.39, 0.29) is 11.9 Å². The van der Waals surface area contributed by atoms with E-state index in [4.69, 9.17) is 4.74 Å². The molecule has 0 saturated heterocycles. The van der Waals surface area contributed by atoms with E-state index >= 15 is 0 Å². The van der Waals surface area contributed by atoms with Crippen molar-refractivity contribution in [3.63, 3.8) is 0 Å². The normalized spacial score (nSPS) is 11.9. The number of benzene rings is 1. The van der Waals surface area contributed by atoms with E-state index < -0.39 is 0 Å². The Morgan fingerprint density at radius 1 is 1.26 bits per heavy atom. The lowest BCUT2D eigenvalue weighted by Gasteiger charge is -2.28. The zero-order chi connectivity index (χ0) is 19.1. The fourth-order valence-corrected chi connectivity index (χ4v) is 3.27. The molecular formula is C21H26N4O2. The Hall–Kier alpha value is -3.02. The van der Waals surface area contributed by atoms with Gasteiger partial charge in [-0.25, -0.2) is 4.98 Å². The minimum atomic E-state index is -0.318. The lowest BCUT2D eigenvalue weighted by atomic mass is 10.1. The van der Waals surface area contributed by atoms with Crippen LogP contribution in [0.25, 0.3) is 0 Å². The summed E-state index contributed by atoms with van der Waals surface area (Å²) in [4.78, 5) is 22.6. The average molecular weight is 366 g/mol. The van der Waals surface area contributed by atoms with Crippen LogP contribution < -0.4 is 4.74 Å². The number of hydrogen-bond donors (Lipinski definition) is 1. The molecule has 6 nitrogen and oxygen atoms in total. The number of para-hydroxylation sites is 1. The summed E-state index contributed by atoms with van der Waals surface area (Å²) in [6.07, 6.45) is 8.75. The van der Waals surface area contributed by atoms with Crippen LogP contribution in [0.2, 0.25) is 0 Å². The maximum atomic E-state index is 13.5. The predicted molar refractivity (Wildman–Crippen MR) is 104 cm³/mol. The van der Waals surface area contributed by atoms with E-state index in [0.29, 0.717) is 19.5 Å². The number of aromatic nitrogens is 3. The van der Waals surface area contributed by atoms with Crippen molar-refractivity contribution in [1.29, 1.82) is 0 Å². The Kier molecular flexibility index (Phi) is 6.30. The summed E-state index contributed by atoms with van der Waals surface area (Å²) in [5, 5.41) is 0. The summed E-state index contributed by atoms with van der Waals surface area (Å²) in [6, 6.07) is 11.4. The van der Waals surface area contributed by atoms with Crippen molar-refractivity contribution in [2.75, 3.05) is 13.7 Å². The molecular weight excluding hydrogens is 340 g/mol. The third-order valence-corrected chi connectivity index (χ3v) is 4.60. The molecule has 142 valence electrons. The lowest BCUT2D eigenvalue weighted by molar-refractivity contribution is -0.135. The molecule has 27 heavy (non-hydrogen) atoms. The summed E-state index contributed by atoms with van der Waals surface area (Å²) in [7, 11) is 1.66. The maximum absolute atomic E-state index is 13.5. The van der Waals surface area contributed by atoms with Gasteiger partial charge in [-0.2, -0.15) is 0 Å². The van der Waals surface area contributed by atoms with Crippen LogP contribution in [-0.2, 0) is 17.8 Å². The third kappa shape index (κ3) is 4.58. The average Bonchev–Trinajstić information content (AvgIpc) is 3.39. The molecule has 0 bridgehead atoms. The number of ether oxygens (including phenoxy) is 1. The van der Waals surface area contributed by atoms with Crippen LogP contribution in [0.1, 0.15) is 30.6 Å². The number of hydrogen-bond acceptors (Lipinski definition) is 3. The molecule has 0 unspecified atom stereocenters. The molecule has 0 spiro atoms. The molecule has 0 radical (unpaired) electrons. The Morgan fingerprint density at radius 3 is 2.70 bits per heavy atom. The number of nitrogens with one attached hydrogen (secondary N) is 1. The van der Waals surface area contributed by atoms with Crippen molar-refractivity contribution >= 4 is 5.91 Å². The van der Waals surface area contributed by atoms with E-state index in [9.17, 15) is 4.79 Å². The van der Waals surface area contributed by atoms with Gasteiger partial charge in [-0.05, 0) is 24.6 Å². The third-order valence-electron chi connectivity index (χ3n) is 4.60. The second-order valence-electron chi connectivity index (χ2n) is 6.50. The van der Waals surface area contributed by atoms with E-state index in [0.717, 1.165) is 23.4 Å². The monoisotopic (exact) mass is 366 g/mol. The van der Waals surface area contributed by atoms with Gasteiger partial charge in [-0.3, -0.25) is 4.79 Å². The number of aromatic amines is 1. The van der Waals surface area contributed by atoms with E-state index in [2.05, 4.69) is 16.9 Å². The Morgan fingerprint density at radius 2 is 2.04 bits per heavy atom. The predicted octanol–water partition coefficient (Wildman–Crippen LogP) is 3.44. The van der Waals surface area contributed by atoms with Gasteiger partial charge in [-0.1, -0.05) is 25.1 Å².